The minimum Gasteiger partial charge on any atom is -0.337 e. The van der Waals surface area contributed by atoms with E-state index in [0.717, 1.165) is 0 Å². The largest absolute Gasteiger partial charge is 0.337 e. The molecule has 0 unspecified atom stereocenters. The van der Waals surface area contributed by atoms with Crippen molar-refractivity contribution in [2.24, 2.45) is 0 Å². The number of nitrogens with zero attached hydrogens (tertiary/aromatic N) is 1. The number of aromatic nitrogens is 1. The minimum atomic E-state index is 1.18. The predicted molar refractivity (Wildman–Crippen MR) is 59.7 cm³/mol. The van der Waals surface area contributed by atoms with E-state index in [2.05, 4.69) is 35.8 Å². The Labute approximate surface area is 84.4 Å². The molecule has 0 saturated carbocycles. The fourth-order valence-corrected chi connectivity index (χ4v) is 2.28. The van der Waals surface area contributed by atoms with Crippen molar-refractivity contribution in [3.63, 3.8) is 0 Å². The van der Waals surface area contributed by atoms with Crippen LogP contribution in [0.4, 0.5) is 0 Å². The third kappa shape index (κ3) is 1.08. The lowest BCUT2D eigenvalue weighted by atomic mass is 10.1. The Kier molecular flexibility index (Phi) is 1.66. The SMILES string of the molecule is CCCCc1cccc2cc3n(c12)C3. The maximum atomic E-state index is 2.43. The third-order valence-corrected chi connectivity index (χ3v) is 3.11. The van der Waals surface area contributed by atoms with E-state index in [1.165, 1.54) is 48.0 Å². The van der Waals surface area contributed by atoms with E-state index in [-0.39, 0.29) is 0 Å². The van der Waals surface area contributed by atoms with E-state index in [9.17, 15) is 0 Å². The van der Waals surface area contributed by atoms with Gasteiger partial charge in [-0.1, -0.05) is 31.5 Å². The highest BCUT2D eigenvalue weighted by atomic mass is 15.1. The normalized spacial score (nSPS) is 13.2. The zero-order chi connectivity index (χ0) is 9.54. The topological polar surface area (TPSA) is 4.93 Å². The molecular weight excluding hydrogens is 170 g/mol. The summed E-state index contributed by atoms with van der Waals surface area (Å²) in [6.45, 7) is 3.43. The molecule has 2 aromatic rings. The smallest absolute Gasteiger partial charge is 0.0632 e. The first-order valence-electron chi connectivity index (χ1n) is 5.50. The Bertz CT molecular complexity index is 479. The fraction of sp³-hybridized carbons (Fsp3) is 0.385. The average molecular weight is 185 g/mol. The van der Waals surface area contributed by atoms with Gasteiger partial charge in [0.1, 0.15) is 0 Å². The van der Waals surface area contributed by atoms with E-state index >= 15 is 0 Å². The first kappa shape index (κ1) is 8.10. The number of hydrogen-bond acceptors (Lipinski definition) is 0. The van der Waals surface area contributed by atoms with Gasteiger partial charge in [0.15, 0.2) is 0 Å². The fourth-order valence-electron chi connectivity index (χ4n) is 2.28. The number of aryl methyl sites for hydroxylation is 1. The van der Waals surface area contributed by atoms with Gasteiger partial charge < -0.3 is 4.57 Å². The molecule has 1 nitrogen and oxygen atoms in total. The van der Waals surface area contributed by atoms with Crippen LogP contribution >= 0.6 is 0 Å². The van der Waals surface area contributed by atoms with E-state index in [1.54, 1.807) is 0 Å². The number of unbranched alkanes of at least 4 members (excludes halogenated alkanes) is 1. The second-order valence-corrected chi connectivity index (χ2v) is 4.18. The molecule has 72 valence electrons. The molecular formula is C13H15N. The molecule has 14 heavy (non-hydrogen) atoms. The summed E-state index contributed by atoms with van der Waals surface area (Å²) in [5.41, 5.74) is 4.54. The van der Waals surface area contributed by atoms with Crippen LogP contribution in [0.5, 0.6) is 0 Å². The molecule has 0 bridgehead atoms. The van der Waals surface area contributed by atoms with Gasteiger partial charge in [0.05, 0.1) is 12.1 Å². The van der Waals surface area contributed by atoms with Gasteiger partial charge in [-0.25, -0.2) is 0 Å². The zero-order valence-corrected chi connectivity index (χ0v) is 8.59. The second-order valence-electron chi connectivity index (χ2n) is 4.18. The predicted octanol–water partition coefficient (Wildman–Crippen LogP) is 3.35. The average Bonchev–Trinajstić information content (AvgIpc) is 2.87. The van der Waals surface area contributed by atoms with Crippen molar-refractivity contribution < 1.29 is 0 Å². The molecule has 0 N–H and O–H groups in total. The van der Waals surface area contributed by atoms with Gasteiger partial charge in [-0.05, 0) is 24.5 Å². The Morgan fingerprint density at radius 2 is 2.29 bits per heavy atom. The summed E-state index contributed by atoms with van der Waals surface area (Å²) >= 11 is 0. The number of para-hydroxylation sites is 1. The van der Waals surface area contributed by atoms with E-state index < -0.39 is 0 Å². The maximum Gasteiger partial charge on any atom is 0.0632 e. The van der Waals surface area contributed by atoms with Gasteiger partial charge >= 0.3 is 0 Å². The molecule has 1 aliphatic heterocycles. The maximum absolute atomic E-state index is 2.43. The minimum absolute atomic E-state index is 1.18. The van der Waals surface area contributed by atoms with Crippen LogP contribution in [0.1, 0.15) is 31.0 Å². The lowest BCUT2D eigenvalue weighted by Crippen LogP contribution is -1.88. The molecule has 3 rings (SSSR count). The molecule has 0 radical (unpaired) electrons. The van der Waals surface area contributed by atoms with E-state index in [1.807, 2.05) is 0 Å². The first-order chi connectivity index (χ1) is 6.90. The number of benzene rings is 1. The highest BCUT2D eigenvalue weighted by Gasteiger charge is 2.21. The van der Waals surface area contributed by atoms with Crippen molar-refractivity contribution in [1.82, 2.24) is 4.57 Å². The summed E-state index contributed by atoms with van der Waals surface area (Å²) in [6, 6.07) is 9.02. The molecule has 2 heterocycles. The lowest BCUT2D eigenvalue weighted by molar-refractivity contribution is 0.797. The Balaban J connectivity index is 2.09. The van der Waals surface area contributed by atoms with Gasteiger partial charge in [0.2, 0.25) is 0 Å². The Hall–Kier alpha value is -1.24. The van der Waals surface area contributed by atoms with Crippen LogP contribution in [0, 0.1) is 0 Å². The van der Waals surface area contributed by atoms with Crippen LogP contribution in [0.3, 0.4) is 0 Å². The summed E-state index contributed by atoms with van der Waals surface area (Å²) in [7, 11) is 0. The van der Waals surface area contributed by atoms with Crippen molar-refractivity contribution in [2.75, 3.05) is 0 Å². The highest BCUT2D eigenvalue weighted by Crippen LogP contribution is 2.32. The van der Waals surface area contributed by atoms with Crippen LogP contribution in [0.25, 0.3) is 10.9 Å². The van der Waals surface area contributed by atoms with Crippen molar-refractivity contribution >= 4 is 10.9 Å². The summed E-state index contributed by atoms with van der Waals surface area (Å²) in [6.07, 6.45) is 3.82. The molecule has 0 amide bonds. The van der Waals surface area contributed by atoms with Crippen molar-refractivity contribution in [2.45, 2.75) is 32.7 Å². The molecule has 1 aromatic carbocycles. The standard InChI is InChI=1S/C13H15N/c1-2-3-5-10-6-4-7-11-8-12-9-14(12)13(10)11/h4,6-8H,2-3,5,9H2,1H3. The molecule has 0 fully saturated rings. The van der Waals surface area contributed by atoms with Crippen LogP contribution in [0.2, 0.25) is 0 Å². The van der Waals surface area contributed by atoms with E-state index in [0.29, 0.717) is 0 Å². The van der Waals surface area contributed by atoms with Crippen molar-refractivity contribution in [3.05, 3.63) is 35.5 Å². The monoisotopic (exact) mass is 185 g/mol. The summed E-state index contributed by atoms with van der Waals surface area (Å²) in [5, 5.41) is 1.43. The molecule has 0 atom stereocenters. The van der Waals surface area contributed by atoms with Gasteiger partial charge in [-0.3, -0.25) is 0 Å². The molecule has 0 saturated heterocycles. The molecule has 1 heteroatoms. The van der Waals surface area contributed by atoms with Crippen LogP contribution < -0.4 is 0 Å². The lowest BCUT2D eigenvalue weighted by Gasteiger charge is -2.03. The van der Waals surface area contributed by atoms with Gasteiger partial charge in [-0.2, -0.15) is 0 Å². The van der Waals surface area contributed by atoms with Gasteiger partial charge in [0, 0.05) is 11.1 Å². The Morgan fingerprint density at radius 3 is 3.14 bits per heavy atom. The number of fused-ring (bicyclic) bond motifs is 3. The highest BCUT2D eigenvalue weighted by molar-refractivity contribution is 5.86. The zero-order valence-electron chi connectivity index (χ0n) is 8.59. The molecule has 1 aliphatic rings. The molecule has 0 spiro atoms. The van der Waals surface area contributed by atoms with Crippen LogP contribution in [-0.4, -0.2) is 4.57 Å². The van der Waals surface area contributed by atoms with Crippen LogP contribution in [0.15, 0.2) is 24.3 Å². The van der Waals surface area contributed by atoms with E-state index in [4.69, 9.17) is 0 Å². The summed E-state index contributed by atoms with van der Waals surface area (Å²) in [4.78, 5) is 0. The summed E-state index contributed by atoms with van der Waals surface area (Å²) in [5.74, 6) is 0. The third-order valence-electron chi connectivity index (χ3n) is 3.11. The van der Waals surface area contributed by atoms with Crippen molar-refractivity contribution in [3.8, 4) is 0 Å². The molecule has 0 aliphatic carbocycles. The van der Waals surface area contributed by atoms with Gasteiger partial charge in [0.25, 0.3) is 0 Å². The van der Waals surface area contributed by atoms with Crippen molar-refractivity contribution in [1.29, 1.82) is 0 Å². The van der Waals surface area contributed by atoms with Gasteiger partial charge in [-0.15, -0.1) is 0 Å². The summed E-state index contributed by atoms with van der Waals surface area (Å²) < 4.78 is 2.43. The number of rotatable bonds is 3. The quantitative estimate of drug-likeness (QED) is 0.589. The Morgan fingerprint density at radius 1 is 1.36 bits per heavy atom. The van der Waals surface area contributed by atoms with Crippen LogP contribution in [-0.2, 0) is 13.0 Å². The first-order valence-corrected chi connectivity index (χ1v) is 5.50. The number of hydrogen-bond donors (Lipinski definition) is 0. The molecule has 1 aromatic heterocycles. The second kappa shape index (κ2) is 2.88.